The second kappa shape index (κ2) is 4.62. The standard InChI is InChI=1S/C12H18N2O/c1-10(2)3-5-14-8-12(7-13-14)11-4-6-15-9-11/h3,7-8,11H,4-6,9H2,1-2H3. The number of allylic oxidation sites excluding steroid dienone is 2. The lowest BCUT2D eigenvalue weighted by Crippen LogP contribution is -1.97. The van der Waals surface area contributed by atoms with Gasteiger partial charge in [0.25, 0.3) is 0 Å². The predicted molar refractivity (Wildman–Crippen MR) is 59.8 cm³/mol. The maximum Gasteiger partial charge on any atom is 0.0592 e. The maximum absolute atomic E-state index is 5.37. The molecule has 0 amide bonds. The molecule has 1 aliphatic heterocycles. The van der Waals surface area contributed by atoms with Crippen LogP contribution in [0.3, 0.4) is 0 Å². The summed E-state index contributed by atoms with van der Waals surface area (Å²) < 4.78 is 7.36. The minimum atomic E-state index is 0.561. The van der Waals surface area contributed by atoms with Crippen molar-refractivity contribution in [2.24, 2.45) is 0 Å². The number of aromatic nitrogens is 2. The molecule has 3 nitrogen and oxygen atoms in total. The highest BCUT2D eigenvalue weighted by molar-refractivity contribution is 5.12. The normalized spacial score (nSPS) is 20.5. The van der Waals surface area contributed by atoms with E-state index in [0.717, 1.165) is 26.2 Å². The van der Waals surface area contributed by atoms with Gasteiger partial charge in [0.05, 0.1) is 19.3 Å². The summed E-state index contributed by atoms with van der Waals surface area (Å²) in [6.45, 7) is 6.83. The Morgan fingerprint density at radius 3 is 3.20 bits per heavy atom. The van der Waals surface area contributed by atoms with Crippen molar-refractivity contribution in [2.75, 3.05) is 13.2 Å². The molecule has 1 aromatic rings. The van der Waals surface area contributed by atoms with Gasteiger partial charge in [-0.15, -0.1) is 0 Å². The zero-order chi connectivity index (χ0) is 10.7. The Bertz CT molecular complexity index is 344. The number of hydrogen-bond donors (Lipinski definition) is 0. The monoisotopic (exact) mass is 206 g/mol. The molecule has 2 heterocycles. The fraction of sp³-hybridized carbons (Fsp3) is 0.583. The van der Waals surface area contributed by atoms with Gasteiger partial charge in [0.15, 0.2) is 0 Å². The Hall–Kier alpha value is -1.09. The molecule has 0 radical (unpaired) electrons. The molecule has 1 atom stereocenters. The van der Waals surface area contributed by atoms with Crippen LogP contribution in [0.1, 0.15) is 31.7 Å². The lowest BCUT2D eigenvalue weighted by molar-refractivity contribution is 0.194. The van der Waals surface area contributed by atoms with E-state index in [-0.39, 0.29) is 0 Å². The van der Waals surface area contributed by atoms with Crippen LogP contribution in [0.4, 0.5) is 0 Å². The largest absolute Gasteiger partial charge is 0.381 e. The fourth-order valence-corrected chi connectivity index (χ4v) is 1.76. The van der Waals surface area contributed by atoms with E-state index >= 15 is 0 Å². The molecule has 82 valence electrons. The third kappa shape index (κ3) is 2.69. The number of hydrogen-bond acceptors (Lipinski definition) is 2. The quantitative estimate of drug-likeness (QED) is 0.710. The highest BCUT2D eigenvalue weighted by Crippen LogP contribution is 2.24. The van der Waals surface area contributed by atoms with E-state index < -0.39 is 0 Å². The second-order valence-electron chi connectivity index (χ2n) is 4.34. The number of rotatable bonds is 3. The van der Waals surface area contributed by atoms with Crippen molar-refractivity contribution in [3.05, 3.63) is 29.6 Å². The van der Waals surface area contributed by atoms with E-state index in [9.17, 15) is 0 Å². The van der Waals surface area contributed by atoms with Crippen LogP contribution in [0.25, 0.3) is 0 Å². The van der Waals surface area contributed by atoms with Gasteiger partial charge in [0, 0.05) is 18.7 Å². The Labute approximate surface area is 90.7 Å². The van der Waals surface area contributed by atoms with Crippen LogP contribution in [-0.2, 0) is 11.3 Å². The topological polar surface area (TPSA) is 27.1 Å². The molecule has 0 N–H and O–H groups in total. The Morgan fingerprint density at radius 2 is 2.53 bits per heavy atom. The summed E-state index contributed by atoms with van der Waals surface area (Å²) in [5.74, 6) is 0.561. The molecule has 0 spiro atoms. The van der Waals surface area contributed by atoms with Gasteiger partial charge in [-0.05, 0) is 25.8 Å². The summed E-state index contributed by atoms with van der Waals surface area (Å²) in [4.78, 5) is 0. The zero-order valence-electron chi connectivity index (χ0n) is 9.44. The average molecular weight is 206 g/mol. The molecule has 1 aliphatic rings. The SMILES string of the molecule is CC(C)=CCn1cc(C2CCOC2)cn1. The first-order chi connectivity index (χ1) is 7.25. The van der Waals surface area contributed by atoms with Crippen molar-refractivity contribution in [1.82, 2.24) is 9.78 Å². The van der Waals surface area contributed by atoms with Crippen LogP contribution in [0.2, 0.25) is 0 Å². The van der Waals surface area contributed by atoms with Crippen LogP contribution >= 0.6 is 0 Å². The van der Waals surface area contributed by atoms with Crippen molar-refractivity contribution in [3.8, 4) is 0 Å². The Morgan fingerprint density at radius 1 is 1.67 bits per heavy atom. The predicted octanol–water partition coefficient (Wildman–Crippen LogP) is 2.35. The maximum atomic E-state index is 5.37. The molecule has 0 bridgehead atoms. The molecule has 0 aromatic carbocycles. The van der Waals surface area contributed by atoms with E-state index in [2.05, 4.69) is 31.2 Å². The zero-order valence-corrected chi connectivity index (χ0v) is 9.44. The van der Waals surface area contributed by atoms with Crippen molar-refractivity contribution in [2.45, 2.75) is 32.7 Å². The summed E-state index contributed by atoms with van der Waals surface area (Å²) in [7, 11) is 0. The van der Waals surface area contributed by atoms with Gasteiger partial charge in [0.2, 0.25) is 0 Å². The first kappa shape index (κ1) is 10.4. The first-order valence-electron chi connectivity index (χ1n) is 5.49. The molecule has 1 unspecified atom stereocenters. The van der Waals surface area contributed by atoms with E-state index in [1.165, 1.54) is 11.1 Å². The smallest absolute Gasteiger partial charge is 0.0592 e. The van der Waals surface area contributed by atoms with Crippen molar-refractivity contribution < 1.29 is 4.74 Å². The van der Waals surface area contributed by atoms with Crippen LogP contribution < -0.4 is 0 Å². The van der Waals surface area contributed by atoms with Crippen LogP contribution in [-0.4, -0.2) is 23.0 Å². The highest BCUT2D eigenvalue weighted by atomic mass is 16.5. The van der Waals surface area contributed by atoms with Gasteiger partial charge in [-0.25, -0.2) is 0 Å². The summed E-state index contributed by atoms with van der Waals surface area (Å²) in [5.41, 5.74) is 2.64. The second-order valence-corrected chi connectivity index (χ2v) is 4.34. The first-order valence-corrected chi connectivity index (χ1v) is 5.49. The van der Waals surface area contributed by atoms with Crippen molar-refractivity contribution in [1.29, 1.82) is 0 Å². The average Bonchev–Trinajstić information content (AvgIpc) is 2.85. The molecule has 0 aliphatic carbocycles. The molecule has 0 saturated carbocycles. The lowest BCUT2D eigenvalue weighted by Gasteiger charge is -2.01. The van der Waals surface area contributed by atoms with Gasteiger partial charge in [-0.3, -0.25) is 4.68 Å². The molecule has 1 aromatic heterocycles. The van der Waals surface area contributed by atoms with Crippen LogP contribution in [0, 0.1) is 0 Å². The highest BCUT2D eigenvalue weighted by Gasteiger charge is 2.18. The van der Waals surface area contributed by atoms with E-state index in [0.29, 0.717) is 5.92 Å². The molecule has 1 saturated heterocycles. The van der Waals surface area contributed by atoms with Crippen molar-refractivity contribution >= 4 is 0 Å². The Balaban J connectivity index is 2.00. The summed E-state index contributed by atoms with van der Waals surface area (Å²) in [6, 6.07) is 0. The minimum absolute atomic E-state index is 0.561. The third-order valence-electron chi connectivity index (χ3n) is 2.74. The molecule has 3 heteroatoms. The van der Waals surface area contributed by atoms with Gasteiger partial charge < -0.3 is 4.74 Å². The van der Waals surface area contributed by atoms with E-state index in [4.69, 9.17) is 4.74 Å². The molecular formula is C12H18N2O. The van der Waals surface area contributed by atoms with E-state index in [1.54, 1.807) is 0 Å². The van der Waals surface area contributed by atoms with E-state index in [1.807, 2.05) is 10.9 Å². The summed E-state index contributed by atoms with van der Waals surface area (Å²) >= 11 is 0. The lowest BCUT2D eigenvalue weighted by atomic mass is 10.0. The minimum Gasteiger partial charge on any atom is -0.381 e. The molecule has 2 rings (SSSR count). The van der Waals surface area contributed by atoms with Gasteiger partial charge >= 0.3 is 0 Å². The molecular weight excluding hydrogens is 188 g/mol. The van der Waals surface area contributed by atoms with Gasteiger partial charge in [0.1, 0.15) is 0 Å². The molecule has 1 fully saturated rings. The summed E-state index contributed by atoms with van der Waals surface area (Å²) in [5, 5.41) is 4.35. The van der Waals surface area contributed by atoms with Crippen LogP contribution in [0.15, 0.2) is 24.0 Å². The number of nitrogens with zero attached hydrogens (tertiary/aromatic N) is 2. The fourth-order valence-electron chi connectivity index (χ4n) is 1.76. The van der Waals surface area contributed by atoms with Crippen molar-refractivity contribution in [3.63, 3.8) is 0 Å². The summed E-state index contributed by atoms with van der Waals surface area (Å²) in [6.07, 6.45) is 7.42. The van der Waals surface area contributed by atoms with Crippen LogP contribution in [0.5, 0.6) is 0 Å². The van der Waals surface area contributed by atoms with Gasteiger partial charge in [-0.1, -0.05) is 11.6 Å². The Kier molecular flexibility index (Phi) is 3.21. The number of ether oxygens (including phenoxy) is 1. The third-order valence-corrected chi connectivity index (χ3v) is 2.74. The van der Waals surface area contributed by atoms with Gasteiger partial charge in [-0.2, -0.15) is 5.10 Å². The molecule has 15 heavy (non-hydrogen) atoms.